The Bertz CT molecular complexity index is 429. The highest BCUT2D eigenvalue weighted by atomic mass is 16.5. The molecule has 0 bridgehead atoms. The van der Waals surface area contributed by atoms with Crippen molar-refractivity contribution < 1.29 is 9.53 Å². The molecule has 0 spiro atoms. The fourth-order valence-corrected chi connectivity index (χ4v) is 1.42. The van der Waals surface area contributed by atoms with Crippen molar-refractivity contribution in [3.8, 4) is 17.6 Å². The van der Waals surface area contributed by atoms with Crippen LogP contribution in [0.4, 0.5) is 5.69 Å². The van der Waals surface area contributed by atoms with Gasteiger partial charge in [-0.3, -0.25) is 4.79 Å². The number of unbranched alkanes of at least 4 members (excludes halogenated alkanes) is 1. The maximum atomic E-state index is 11.6. The molecule has 0 fully saturated rings. The van der Waals surface area contributed by atoms with E-state index in [1.165, 1.54) is 0 Å². The molecule has 3 nitrogen and oxygen atoms in total. The second kappa shape index (κ2) is 7.34. The number of benzene rings is 1. The number of rotatable bonds is 5. The highest BCUT2D eigenvalue weighted by Crippen LogP contribution is 2.23. The molecule has 1 aromatic carbocycles. The van der Waals surface area contributed by atoms with E-state index < -0.39 is 0 Å². The summed E-state index contributed by atoms with van der Waals surface area (Å²) in [7, 11) is 1.59. The molecule has 0 unspecified atom stereocenters. The zero-order chi connectivity index (χ0) is 12.5. The maximum absolute atomic E-state index is 11.6. The molecule has 0 heterocycles. The van der Waals surface area contributed by atoms with Gasteiger partial charge < -0.3 is 10.1 Å². The van der Waals surface area contributed by atoms with Crippen molar-refractivity contribution in [3.05, 3.63) is 24.3 Å². The van der Waals surface area contributed by atoms with E-state index in [2.05, 4.69) is 17.2 Å². The van der Waals surface area contributed by atoms with E-state index in [-0.39, 0.29) is 5.91 Å². The van der Waals surface area contributed by atoms with Crippen molar-refractivity contribution >= 4 is 11.6 Å². The molecular formula is C14H17NO2. The Kier molecular flexibility index (Phi) is 5.67. The smallest absolute Gasteiger partial charge is 0.224 e. The minimum atomic E-state index is -0.00703. The molecule has 0 saturated carbocycles. The van der Waals surface area contributed by atoms with Crippen LogP contribution in [0, 0.1) is 11.8 Å². The lowest BCUT2D eigenvalue weighted by Gasteiger charge is -2.09. The van der Waals surface area contributed by atoms with Gasteiger partial charge in [0.25, 0.3) is 0 Å². The number of para-hydroxylation sites is 2. The molecule has 0 radical (unpaired) electrons. The zero-order valence-electron chi connectivity index (χ0n) is 10.2. The summed E-state index contributed by atoms with van der Waals surface area (Å²) in [6, 6.07) is 7.37. The molecule has 0 aliphatic rings. The Morgan fingerprint density at radius 2 is 2.18 bits per heavy atom. The van der Waals surface area contributed by atoms with E-state index in [0.717, 1.165) is 12.8 Å². The molecule has 1 rings (SSSR count). The van der Waals surface area contributed by atoms with Crippen LogP contribution in [0.2, 0.25) is 0 Å². The third-order valence-corrected chi connectivity index (χ3v) is 2.26. The predicted octanol–water partition coefficient (Wildman–Crippen LogP) is 2.83. The number of methoxy groups -OCH3 is 1. The predicted molar refractivity (Wildman–Crippen MR) is 68.9 cm³/mol. The van der Waals surface area contributed by atoms with Crippen molar-refractivity contribution in [3.63, 3.8) is 0 Å². The van der Waals surface area contributed by atoms with Crippen LogP contribution in [0.25, 0.3) is 0 Å². The Morgan fingerprint density at radius 1 is 1.41 bits per heavy atom. The first-order chi connectivity index (χ1) is 8.27. The standard InChI is InChI=1S/C14H17NO2/c1-3-4-5-6-11-14(16)15-12-9-7-8-10-13(12)17-2/h7-10H,5-6,11H2,1-2H3,(H,15,16). The quantitative estimate of drug-likeness (QED) is 0.625. The molecule has 0 saturated heterocycles. The first-order valence-electron chi connectivity index (χ1n) is 5.60. The van der Waals surface area contributed by atoms with Crippen molar-refractivity contribution in [1.29, 1.82) is 0 Å². The fraction of sp³-hybridized carbons (Fsp3) is 0.357. The maximum Gasteiger partial charge on any atom is 0.224 e. The number of carbonyl (C=O) groups excluding carboxylic acids is 1. The first-order valence-corrected chi connectivity index (χ1v) is 5.60. The minimum absolute atomic E-state index is 0.00703. The van der Waals surface area contributed by atoms with E-state index >= 15 is 0 Å². The zero-order valence-corrected chi connectivity index (χ0v) is 10.2. The van der Waals surface area contributed by atoms with Gasteiger partial charge in [0, 0.05) is 12.8 Å². The van der Waals surface area contributed by atoms with Crippen molar-refractivity contribution in [2.45, 2.75) is 26.2 Å². The van der Waals surface area contributed by atoms with Gasteiger partial charge in [0.1, 0.15) is 5.75 Å². The second-order valence-electron chi connectivity index (χ2n) is 3.53. The molecule has 1 aromatic rings. The highest BCUT2D eigenvalue weighted by molar-refractivity contribution is 5.92. The Labute approximate surface area is 102 Å². The number of ether oxygens (including phenoxy) is 1. The molecule has 17 heavy (non-hydrogen) atoms. The lowest BCUT2D eigenvalue weighted by atomic mass is 10.2. The summed E-state index contributed by atoms with van der Waals surface area (Å²) < 4.78 is 5.15. The lowest BCUT2D eigenvalue weighted by molar-refractivity contribution is -0.116. The topological polar surface area (TPSA) is 38.3 Å². The minimum Gasteiger partial charge on any atom is -0.495 e. The van der Waals surface area contributed by atoms with E-state index in [1.807, 2.05) is 24.3 Å². The van der Waals surface area contributed by atoms with Gasteiger partial charge in [0.15, 0.2) is 0 Å². The van der Waals surface area contributed by atoms with Gasteiger partial charge in [-0.2, -0.15) is 0 Å². The van der Waals surface area contributed by atoms with Gasteiger partial charge >= 0.3 is 0 Å². The third-order valence-electron chi connectivity index (χ3n) is 2.26. The number of nitrogens with one attached hydrogen (secondary N) is 1. The molecule has 3 heteroatoms. The molecule has 0 aliphatic carbocycles. The molecule has 0 atom stereocenters. The molecule has 1 N–H and O–H groups in total. The van der Waals surface area contributed by atoms with Gasteiger partial charge in [-0.1, -0.05) is 12.1 Å². The number of hydrogen-bond donors (Lipinski definition) is 1. The summed E-state index contributed by atoms with van der Waals surface area (Å²) in [5, 5.41) is 2.83. The average molecular weight is 231 g/mol. The molecule has 90 valence electrons. The highest BCUT2D eigenvalue weighted by Gasteiger charge is 2.05. The average Bonchev–Trinajstić information content (AvgIpc) is 2.35. The van der Waals surface area contributed by atoms with Gasteiger partial charge in [0.2, 0.25) is 5.91 Å². The van der Waals surface area contributed by atoms with E-state index in [9.17, 15) is 4.79 Å². The van der Waals surface area contributed by atoms with Gasteiger partial charge in [-0.05, 0) is 25.5 Å². The Morgan fingerprint density at radius 3 is 2.88 bits per heavy atom. The van der Waals surface area contributed by atoms with Crippen LogP contribution in [-0.4, -0.2) is 13.0 Å². The van der Waals surface area contributed by atoms with Crippen LogP contribution >= 0.6 is 0 Å². The van der Waals surface area contributed by atoms with Crippen molar-refractivity contribution in [2.24, 2.45) is 0 Å². The monoisotopic (exact) mass is 231 g/mol. The second-order valence-corrected chi connectivity index (χ2v) is 3.53. The first kappa shape index (κ1) is 13.1. The summed E-state index contributed by atoms with van der Waals surface area (Å²) in [6.07, 6.45) is 2.02. The summed E-state index contributed by atoms with van der Waals surface area (Å²) in [5.74, 6) is 6.41. The van der Waals surface area contributed by atoms with Crippen LogP contribution in [-0.2, 0) is 4.79 Å². The lowest BCUT2D eigenvalue weighted by Crippen LogP contribution is -2.11. The number of hydrogen-bond acceptors (Lipinski definition) is 2. The summed E-state index contributed by atoms with van der Waals surface area (Å²) >= 11 is 0. The van der Waals surface area contributed by atoms with Crippen LogP contribution in [0.3, 0.4) is 0 Å². The summed E-state index contributed by atoms with van der Waals surface area (Å²) in [5.41, 5.74) is 0.710. The normalized spacial score (nSPS) is 9.06. The molecule has 0 aliphatic heterocycles. The van der Waals surface area contributed by atoms with Gasteiger partial charge in [0.05, 0.1) is 12.8 Å². The number of carbonyl (C=O) groups is 1. The van der Waals surface area contributed by atoms with Gasteiger partial charge in [-0.25, -0.2) is 0 Å². The molecule has 1 amide bonds. The summed E-state index contributed by atoms with van der Waals surface area (Å²) in [6.45, 7) is 1.80. The van der Waals surface area contributed by atoms with Crippen LogP contribution in [0.15, 0.2) is 24.3 Å². The number of amides is 1. The largest absolute Gasteiger partial charge is 0.495 e. The van der Waals surface area contributed by atoms with Crippen LogP contribution in [0.1, 0.15) is 26.2 Å². The SMILES string of the molecule is CC#CCCCC(=O)Nc1ccccc1OC. The summed E-state index contributed by atoms with van der Waals surface area (Å²) in [4.78, 5) is 11.6. The van der Waals surface area contributed by atoms with E-state index in [1.54, 1.807) is 14.0 Å². The Hall–Kier alpha value is -1.95. The molecular weight excluding hydrogens is 214 g/mol. The Balaban J connectivity index is 2.46. The third kappa shape index (κ3) is 4.60. The van der Waals surface area contributed by atoms with Crippen molar-refractivity contribution in [1.82, 2.24) is 0 Å². The van der Waals surface area contributed by atoms with E-state index in [0.29, 0.717) is 17.9 Å². The van der Waals surface area contributed by atoms with Gasteiger partial charge in [-0.15, -0.1) is 11.8 Å². The van der Waals surface area contributed by atoms with Crippen LogP contribution < -0.4 is 10.1 Å². The van der Waals surface area contributed by atoms with Crippen molar-refractivity contribution in [2.75, 3.05) is 12.4 Å². The van der Waals surface area contributed by atoms with Crippen LogP contribution in [0.5, 0.6) is 5.75 Å². The fourth-order valence-electron chi connectivity index (χ4n) is 1.42. The van der Waals surface area contributed by atoms with E-state index in [4.69, 9.17) is 4.74 Å². The number of anilines is 1. The molecule has 0 aromatic heterocycles.